The Bertz CT molecular complexity index is 1280. The van der Waals surface area contributed by atoms with Gasteiger partial charge >= 0.3 is 6.09 Å². The topological polar surface area (TPSA) is 152 Å². The second-order valence-corrected chi connectivity index (χ2v) is 14.6. The Kier molecular flexibility index (Phi) is 13.6. The van der Waals surface area contributed by atoms with E-state index < -0.39 is 47.7 Å². The number of allylic oxidation sites excluding steroid dienone is 1. The van der Waals surface area contributed by atoms with E-state index in [4.69, 9.17) is 9.47 Å². The first-order chi connectivity index (χ1) is 22.9. The fourth-order valence-corrected chi connectivity index (χ4v) is 6.52. The van der Waals surface area contributed by atoms with Gasteiger partial charge in [-0.3, -0.25) is 19.2 Å². The predicted octanol–water partition coefficient (Wildman–Crippen LogP) is 4.49. The summed E-state index contributed by atoms with van der Waals surface area (Å²) < 4.78 is 11.5. The molecule has 11 nitrogen and oxygen atoms in total. The first-order valence-electron chi connectivity index (χ1n) is 17.6. The van der Waals surface area contributed by atoms with Crippen molar-refractivity contribution in [2.24, 2.45) is 17.8 Å². The first-order valence-corrected chi connectivity index (χ1v) is 17.6. The first kappa shape index (κ1) is 37.1. The third-order valence-corrected chi connectivity index (χ3v) is 9.21. The molecule has 1 aliphatic heterocycles. The van der Waals surface area contributed by atoms with Crippen molar-refractivity contribution in [2.45, 2.75) is 128 Å². The molecule has 1 aromatic carbocycles. The van der Waals surface area contributed by atoms with E-state index in [0.29, 0.717) is 25.8 Å². The highest BCUT2D eigenvalue weighted by Gasteiger charge is 2.36. The SMILES string of the molecule is CC(OC(C)(C)C)[C@H](NC(=O)OCc1ccccc1)C(=O)N[C@@H](CC1CCCCC1)C(=O)N[C@H](/C=C/C(=O)C1CC1)CC1CCNC1=O. The molecule has 1 saturated heterocycles. The normalized spacial score (nSPS) is 21.1. The van der Waals surface area contributed by atoms with Gasteiger partial charge in [0, 0.05) is 24.4 Å². The maximum atomic E-state index is 14.0. The fraction of sp³-hybridized carbons (Fsp3) is 0.649. The van der Waals surface area contributed by atoms with Crippen LogP contribution in [-0.4, -0.2) is 66.0 Å². The summed E-state index contributed by atoms with van der Waals surface area (Å²) in [6.45, 7) is 7.88. The molecule has 1 aromatic rings. The summed E-state index contributed by atoms with van der Waals surface area (Å²) in [5.74, 6) is -1.00. The van der Waals surface area contributed by atoms with Crippen LogP contribution < -0.4 is 21.3 Å². The van der Waals surface area contributed by atoms with Crippen molar-refractivity contribution >= 4 is 29.6 Å². The van der Waals surface area contributed by atoms with Crippen molar-refractivity contribution in [1.29, 1.82) is 0 Å². The van der Waals surface area contributed by atoms with Gasteiger partial charge in [0.25, 0.3) is 0 Å². The van der Waals surface area contributed by atoms with Crippen LogP contribution in [0.1, 0.15) is 97.5 Å². The molecule has 0 aromatic heterocycles. The van der Waals surface area contributed by atoms with Gasteiger partial charge in [0.1, 0.15) is 18.7 Å². The van der Waals surface area contributed by atoms with Gasteiger partial charge in [-0.1, -0.05) is 68.5 Å². The number of nitrogens with one attached hydrogen (secondary N) is 4. The zero-order chi connectivity index (χ0) is 34.7. The van der Waals surface area contributed by atoms with Crippen molar-refractivity contribution in [2.75, 3.05) is 6.54 Å². The molecule has 4 amide bonds. The van der Waals surface area contributed by atoms with Crippen LogP contribution in [0.5, 0.6) is 0 Å². The predicted molar refractivity (Wildman–Crippen MR) is 182 cm³/mol. The molecule has 11 heteroatoms. The molecule has 264 valence electrons. The molecule has 0 bridgehead atoms. The number of carbonyl (C=O) groups excluding carboxylic acids is 5. The fourth-order valence-electron chi connectivity index (χ4n) is 6.52. The molecule has 2 unspecified atom stereocenters. The molecule has 1 heterocycles. The third-order valence-electron chi connectivity index (χ3n) is 9.21. The van der Waals surface area contributed by atoms with E-state index in [-0.39, 0.29) is 36.1 Å². The van der Waals surface area contributed by atoms with Gasteiger partial charge in [-0.25, -0.2) is 4.79 Å². The Morgan fingerprint density at radius 1 is 0.917 bits per heavy atom. The van der Waals surface area contributed by atoms with E-state index in [0.717, 1.165) is 50.5 Å². The van der Waals surface area contributed by atoms with Crippen LogP contribution in [0, 0.1) is 17.8 Å². The summed E-state index contributed by atoms with van der Waals surface area (Å²) in [6, 6.07) is 6.61. The lowest BCUT2D eigenvalue weighted by atomic mass is 9.84. The standard InChI is InChI=1S/C37H54N4O7/c1-24(48-37(2,3)4)32(41-36(46)47-23-26-13-9-6-10-14-26)35(45)40-30(21-25-11-7-5-8-12-25)34(44)39-29(17-18-31(42)27-15-16-27)22-28-19-20-38-33(28)43/h6,9-10,13-14,17-18,24-25,27-30,32H,5,7-8,11-12,15-16,19-23H2,1-4H3,(H,38,43)(H,39,44)(H,40,45)(H,41,46)/b18-17+/t24?,28?,29-,30+,32+/m1/s1. The molecule has 0 radical (unpaired) electrons. The minimum atomic E-state index is -1.15. The molecular formula is C37H54N4O7. The highest BCUT2D eigenvalue weighted by molar-refractivity contribution is 5.94. The zero-order valence-electron chi connectivity index (χ0n) is 28.9. The molecular weight excluding hydrogens is 612 g/mol. The van der Waals surface area contributed by atoms with Crippen molar-refractivity contribution in [3.63, 3.8) is 0 Å². The number of hydrogen-bond donors (Lipinski definition) is 4. The molecule has 0 spiro atoms. The summed E-state index contributed by atoms with van der Waals surface area (Å²) in [4.78, 5) is 65.9. The number of rotatable bonds is 16. The Hall–Kier alpha value is -3.73. The van der Waals surface area contributed by atoms with Gasteiger partial charge < -0.3 is 30.7 Å². The maximum Gasteiger partial charge on any atom is 0.408 e. The number of hydrogen-bond acceptors (Lipinski definition) is 7. The Morgan fingerprint density at radius 3 is 2.25 bits per heavy atom. The minimum Gasteiger partial charge on any atom is -0.445 e. The Balaban J connectivity index is 1.50. The lowest BCUT2D eigenvalue weighted by Crippen LogP contribution is -2.59. The number of alkyl carbamates (subject to hydrolysis) is 1. The van der Waals surface area contributed by atoms with Crippen LogP contribution in [0.15, 0.2) is 42.5 Å². The van der Waals surface area contributed by atoms with E-state index in [1.165, 1.54) is 6.08 Å². The molecule has 4 rings (SSSR count). The Labute approximate surface area is 284 Å². The lowest BCUT2D eigenvalue weighted by Gasteiger charge is -2.32. The van der Waals surface area contributed by atoms with E-state index in [1.807, 2.05) is 51.1 Å². The largest absolute Gasteiger partial charge is 0.445 e. The van der Waals surface area contributed by atoms with Crippen molar-refractivity contribution in [1.82, 2.24) is 21.3 Å². The smallest absolute Gasteiger partial charge is 0.408 e. The van der Waals surface area contributed by atoms with Gasteiger partial charge in [-0.05, 0) is 77.4 Å². The molecule has 5 atom stereocenters. The molecule has 3 fully saturated rings. The summed E-state index contributed by atoms with van der Waals surface area (Å²) in [7, 11) is 0. The van der Waals surface area contributed by atoms with E-state index in [2.05, 4.69) is 21.3 Å². The van der Waals surface area contributed by atoms with Crippen LogP contribution >= 0.6 is 0 Å². The van der Waals surface area contributed by atoms with Crippen molar-refractivity contribution < 1.29 is 33.4 Å². The molecule has 48 heavy (non-hydrogen) atoms. The van der Waals surface area contributed by atoms with Gasteiger partial charge in [0.2, 0.25) is 17.7 Å². The number of benzene rings is 1. The van der Waals surface area contributed by atoms with Crippen molar-refractivity contribution in [3.8, 4) is 0 Å². The molecule has 4 N–H and O–H groups in total. The van der Waals surface area contributed by atoms with Crippen molar-refractivity contribution in [3.05, 3.63) is 48.0 Å². The van der Waals surface area contributed by atoms with E-state index in [9.17, 15) is 24.0 Å². The average Bonchev–Trinajstić information content (AvgIpc) is 3.83. The number of amides is 4. The van der Waals surface area contributed by atoms with E-state index in [1.54, 1.807) is 13.0 Å². The second kappa shape index (κ2) is 17.6. The van der Waals surface area contributed by atoms with Crippen LogP contribution in [0.25, 0.3) is 0 Å². The van der Waals surface area contributed by atoms with Crippen LogP contribution in [0.3, 0.4) is 0 Å². The quantitative estimate of drug-likeness (QED) is 0.190. The summed E-state index contributed by atoms with van der Waals surface area (Å²) in [5.41, 5.74) is 0.186. The number of carbonyl (C=O) groups is 5. The molecule has 2 aliphatic carbocycles. The van der Waals surface area contributed by atoms with Gasteiger partial charge in [-0.2, -0.15) is 0 Å². The third kappa shape index (κ3) is 12.4. The van der Waals surface area contributed by atoms with Gasteiger partial charge in [-0.15, -0.1) is 0 Å². The summed E-state index contributed by atoms with van der Waals surface area (Å²) in [5, 5.41) is 11.5. The van der Waals surface area contributed by atoms with Crippen LogP contribution in [0.2, 0.25) is 0 Å². The molecule has 2 saturated carbocycles. The zero-order valence-corrected chi connectivity index (χ0v) is 28.9. The average molecular weight is 667 g/mol. The monoisotopic (exact) mass is 666 g/mol. The summed E-state index contributed by atoms with van der Waals surface area (Å²) >= 11 is 0. The second-order valence-electron chi connectivity index (χ2n) is 14.6. The summed E-state index contributed by atoms with van der Waals surface area (Å²) in [6.07, 6.45) is 10.0. The van der Waals surface area contributed by atoms with Crippen LogP contribution in [0.4, 0.5) is 4.79 Å². The maximum absolute atomic E-state index is 14.0. The number of ether oxygens (including phenoxy) is 2. The highest BCUT2D eigenvalue weighted by Crippen LogP contribution is 2.30. The van der Waals surface area contributed by atoms with Gasteiger partial charge in [0.05, 0.1) is 11.7 Å². The van der Waals surface area contributed by atoms with E-state index >= 15 is 0 Å². The minimum absolute atomic E-state index is 0.0260. The lowest BCUT2D eigenvalue weighted by molar-refractivity contribution is -0.135. The number of ketones is 1. The van der Waals surface area contributed by atoms with Gasteiger partial charge in [0.15, 0.2) is 5.78 Å². The van der Waals surface area contributed by atoms with Crippen LogP contribution in [-0.2, 0) is 35.3 Å². The highest BCUT2D eigenvalue weighted by atomic mass is 16.6. The Morgan fingerprint density at radius 2 is 1.62 bits per heavy atom. The molecule has 3 aliphatic rings.